The molecule has 1 aliphatic rings. The molecule has 0 aliphatic heterocycles. The summed E-state index contributed by atoms with van der Waals surface area (Å²) in [5, 5.41) is 14.1. The largest absolute Gasteiger partial charge is 0.506 e. The molecule has 0 spiro atoms. The molecule has 0 radical (unpaired) electrons. The lowest BCUT2D eigenvalue weighted by molar-refractivity contribution is 0.0947. The molecule has 8 heteroatoms. The molecule has 0 saturated heterocycles. The van der Waals surface area contributed by atoms with Crippen molar-refractivity contribution < 1.29 is 14.3 Å². The Morgan fingerprint density at radius 2 is 2.15 bits per heavy atom. The van der Waals surface area contributed by atoms with E-state index in [2.05, 4.69) is 62.9 Å². The van der Waals surface area contributed by atoms with Crippen molar-refractivity contribution in [1.82, 2.24) is 5.32 Å². The minimum absolute atomic E-state index is 0.111. The maximum absolute atomic E-state index is 13.3. The van der Waals surface area contributed by atoms with Crippen molar-refractivity contribution in [2.45, 2.75) is 46.6 Å². The molecule has 0 fully saturated rings. The van der Waals surface area contributed by atoms with Crippen molar-refractivity contribution in [3.8, 4) is 5.75 Å². The minimum atomic E-state index is -0.148. The van der Waals surface area contributed by atoms with Gasteiger partial charge in [0.15, 0.2) is 0 Å². The van der Waals surface area contributed by atoms with E-state index >= 15 is 0 Å². The fourth-order valence-electron chi connectivity index (χ4n) is 4.12. The minimum Gasteiger partial charge on any atom is -0.506 e. The van der Waals surface area contributed by atoms with Crippen LogP contribution in [0.4, 0.5) is 5.00 Å². The summed E-state index contributed by atoms with van der Waals surface area (Å²) in [5.74, 6) is 1.23. The van der Waals surface area contributed by atoms with Crippen LogP contribution in [0, 0.1) is 11.3 Å². The van der Waals surface area contributed by atoms with E-state index in [0.29, 0.717) is 38.8 Å². The lowest BCUT2D eigenvalue weighted by atomic mass is 9.72. The van der Waals surface area contributed by atoms with E-state index in [-0.39, 0.29) is 17.1 Å². The van der Waals surface area contributed by atoms with Gasteiger partial charge in [0.1, 0.15) is 16.5 Å². The first kappa shape index (κ1) is 24.2. The predicted molar refractivity (Wildman–Crippen MR) is 140 cm³/mol. The van der Waals surface area contributed by atoms with Crippen molar-refractivity contribution in [1.29, 1.82) is 0 Å². The molecule has 2 N–H and O–H groups in total. The number of aromatic hydroxyl groups is 1. The number of thiophene rings is 1. The summed E-state index contributed by atoms with van der Waals surface area (Å²) in [6, 6.07) is 7.21. The number of amides is 1. The summed E-state index contributed by atoms with van der Waals surface area (Å²) in [6.45, 7) is 7.16. The van der Waals surface area contributed by atoms with Gasteiger partial charge < -0.3 is 14.8 Å². The highest BCUT2D eigenvalue weighted by Crippen LogP contribution is 2.45. The Morgan fingerprint density at radius 3 is 2.85 bits per heavy atom. The number of fused-ring (bicyclic) bond motifs is 1. The summed E-state index contributed by atoms with van der Waals surface area (Å²) >= 11 is 8.39. The van der Waals surface area contributed by atoms with Gasteiger partial charge >= 0.3 is 0 Å². The quantitative estimate of drug-likeness (QED) is 0.303. The molecule has 33 heavy (non-hydrogen) atoms. The van der Waals surface area contributed by atoms with Crippen molar-refractivity contribution in [2.75, 3.05) is 0 Å². The third-order valence-electron chi connectivity index (χ3n) is 6.08. The van der Waals surface area contributed by atoms with Crippen LogP contribution in [0.15, 0.2) is 48.9 Å². The molecule has 1 aliphatic carbocycles. The molecular weight excluding hydrogens is 568 g/mol. The second kappa shape index (κ2) is 9.76. The number of carbonyl (C=O) groups is 1. The van der Waals surface area contributed by atoms with E-state index in [4.69, 9.17) is 4.42 Å². The van der Waals surface area contributed by atoms with Crippen molar-refractivity contribution in [3.05, 3.63) is 66.8 Å². The first-order chi connectivity index (χ1) is 15.6. The van der Waals surface area contributed by atoms with E-state index in [1.54, 1.807) is 42.0 Å². The van der Waals surface area contributed by atoms with Gasteiger partial charge in [-0.15, -0.1) is 11.3 Å². The van der Waals surface area contributed by atoms with Gasteiger partial charge in [-0.1, -0.05) is 36.7 Å². The highest BCUT2D eigenvalue weighted by atomic mass is 79.9. The predicted octanol–water partition coefficient (Wildman–Crippen LogP) is 7.40. The van der Waals surface area contributed by atoms with Crippen LogP contribution in [0.2, 0.25) is 0 Å². The molecule has 174 valence electrons. The monoisotopic (exact) mass is 592 g/mol. The van der Waals surface area contributed by atoms with Crippen LogP contribution >= 0.6 is 43.2 Å². The molecule has 1 amide bonds. The SMILES string of the molecule is CC(C)(C)[C@@H]1CCc2c(sc(N=Cc3cc(Br)cc(Br)c3O)c2C(=O)NCc2ccco2)C1. The fraction of sp³-hybridized carbons (Fsp3) is 0.360. The van der Waals surface area contributed by atoms with Crippen LogP contribution in [-0.2, 0) is 19.4 Å². The number of phenolic OH excluding ortho intramolecular Hbond substituents is 1. The molecule has 2 aromatic heterocycles. The number of benzene rings is 1. The van der Waals surface area contributed by atoms with E-state index in [0.717, 1.165) is 29.3 Å². The second-order valence-electron chi connectivity index (χ2n) is 9.34. The number of carbonyl (C=O) groups excluding carboxylic acids is 1. The maximum Gasteiger partial charge on any atom is 0.255 e. The van der Waals surface area contributed by atoms with Crippen molar-refractivity contribution in [3.63, 3.8) is 0 Å². The topological polar surface area (TPSA) is 74.8 Å². The molecule has 3 aromatic rings. The second-order valence-corrected chi connectivity index (χ2v) is 12.2. The molecule has 1 atom stereocenters. The Morgan fingerprint density at radius 1 is 1.36 bits per heavy atom. The van der Waals surface area contributed by atoms with E-state index in [9.17, 15) is 9.90 Å². The number of phenols is 1. The number of furan rings is 1. The van der Waals surface area contributed by atoms with E-state index in [1.165, 1.54) is 4.88 Å². The van der Waals surface area contributed by atoms with Crippen LogP contribution < -0.4 is 5.32 Å². The summed E-state index contributed by atoms with van der Waals surface area (Å²) in [5.41, 5.74) is 2.52. The first-order valence-electron chi connectivity index (χ1n) is 10.8. The summed E-state index contributed by atoms with van der Waals surface area (Å²) in [4.78, 5) is 19.2. The van der Waals surface area contributed by atoms with Gasteiger partial charge in [-0.05, 0) is 76.4 Å². The molecule has 4 rings (SSSR count). The number of nitrogens with one attached hydrogen (secondary N) is 1. The Labute approximate surface area is 214 Å². The van der Waals surface area contributed by atoms with Crippen LogP contribution in [0.5, 0.6) is 5.75 Å². The third kappa shape index (κ3) is 5.44. The summed E-state index contributed by atoms with van der Waals surface area (Å²) in [6.07, 6.45) is 6.07. The zero-order valence-electron chi connectivity index (χ0n) is 18.7. The number of halogens is 2. The number of aliphatic imine (C=N–C) groups is 1. The number of hydrogen-bond acceptors (Lipinski definition) is 5. The number of nitrogens with zero attached hydrogens (tertiary/aromatic N) is 1. The number of rotatable bonds is 5. The molecule has 1 aromatic carbocycles. The van der Waals surface area contributed by atoms with Gasteiger partial charge in [0.25, 0.3) is 5.91 Å². The normalized spacial score (nSPS) is 16.2. The van der Waals surface area contributed by atoms with Gasteiger partial charge in [-0.3, -0.25) is 4.79 Å². The Bertz CT molecular complexity index is 1190. The summed E-state index contributed by atoms with van der Waals surface area (Å²) in [7, 11) is 0. The Balaban J connectivity index is 1.69. The third-order valence-corrected chi connectivity index (χ3v) is 8.31. The molecular formula is C25H26Br2N2O3S. The van der Waals surface area contributed by atoms with Gasteiger partial charge in [-0.25, -0.2) is 4.99 Å². The molecule has 0 bridgehead atoms. The van der Waals surface area contributed by atoms with E-state index < -0.39 is 0 Å². The smallest absolute Gasteiger partial charge is 0.255 e. The van der Waals surface area contributed by atoms with Gasteiger partial charge in [0.05, 0.1) is 22.8 Å². The average Bonchev–Trinajstić information content (AvgIpc) is 3.39. The highest BCUT2D eigenvalue weighted by Gasteiger charge is 2.33. The maximum atomic E-state index is 13.3. The van der Waals surface area contributed by atoms with Gasteiger partial charge in [-0.2, -0.15) is 0 Å². The van der Waals surface area contributed by atoms with Crippen molar-refractivity contribution in [2.24, 2.45) is 16.3 Å². The van der Waals surface area contributed by atoms with Crippen LogP contribution in [-0.4, -0.2) is 17.2 Å². The fourth-order valence-corrected chi connectivity index (χ4v) is 6.64. The lowest BCUT2D eigenvalue weighted by Gasteiger charge is -2.33. The average molecular weight is 594 g/mol. The van der Waals surface area contributed by atoms with Gasteiger partial charge in [0.2, 0.25) is 0 Å². The molecule has 2 heterocycles. The standard InChI is InChI=1S/C25H26Br2N2O3S/c1-25(2,3)15-6-7-18-20(10-15)33-24(21(18)23(31)28-13-17-5-4-8-32-17)29-12-14-9-16(26)11-19(27)22(14)30/h4-5,8-9,11-12,15,30H,6-7,10,13H2,1-3H3,(H,28,31)/t15-/m1/s1. The Kier molecular flexibility index (Phi) is 7.17. The van der Waals surface area contributed by atoms with Crippen LogP contribution in [0.3, 0.4) is 0 Å². The van der Waals surface area contributed by atoms with Crippen LogP contribution in [0.25, 0.3) is 0 Å². The van der Waals surface area contributed by atoms with Crippen LogP contribution in [0.1, 0.15) is 59.3 Å². The molecule has 0 unspecified atom stereocenters. The van der Waals surface area contributed by atoms with Crippen molar-refractivity contribution >= 4 is 60.3 Å². The molecule has 5 nitrogen and oxygen atoms in total. The number of hydrogen-bond donors (Lipinski definition) is 2. The highest BCUT2D eigenvalue weighted by molar-refractivity contribution is 9.11. The summed E-state index contributed by atoms with van der Waals surface area (Å²) < 4.78 is 6.76. The van der Waals surface area contributed by atoms with E-state index in [1.807, 2.05) is 6.07 Å². The Hall–Kier alpha value is -1.90. The zero-order chi connectivity index (χ0) is 23.8. The first-order valence-corrected chi connectivity index (χ1v) is 13.2. The van der Waals surface area contributed by atoms with Gasteiger partial charge in [0, 0.05) is 21.1 Å². The zero-order valence-corrected chi connectivity index (χ0v) is 22.7. The molecule has 0 saturated carbocycles. The lowest BCUT2D eigenvalue weighted by Crippen LogP contribution is -2.28.